The third-order valence-corrected chi connectivity index (χ3v) is 8.59. The van der Waals surface area contributed by atoms with Gasteiger partial charge in [0.2, 0.25) is 5.91 Å². The number of nitriles is 1. The molecule has 1 saturated carbocycles. The van der Waals surface area contributed by atoms with Crippen LogP contribution in [0.25, 0.3) is 0 Å². The summed E-state index contributed by atoms with van der Waals surface area (Å²) in [4.78, 5) is 30.2. The van der Waals surface area contributed by atoms with Crippen molar-refractivity contribution in [3.63, 3.8) is 0 Å². The molecule has 1 aromatic rings. The van der Waals surface area contributed by atoms with Crippen molar-refractivity contribution in [3.05, 3.63) is 35.9 Å². The fourth-order valence-electron chi connectivity index (χ4n) is 5.76. The molecular weight excluding hydrogens is 511 g/mol. The maximum absolute atomic E-state index is 13.4. The van der Waals surface area contributed by atoms with Gasteiger partial charge in [-0.15, -0.1) is 0 Å². The minimum absolute atomic E-state index is 0.0180. The highest BCUT2D eigenvalue weighted by molar-refractivity contribution is 6.43. The molecule has 1 unspecified atom stereocenters. The number of alkyl carbamates (subject to hydrolysis) is 1. The molecule has 2 amide bonds. The van der Waals surface area contributed by atoms with E-state index >= 15 is 0 Å². The van der Waals surface area contributed by atoms with Crippen LogP contribution in [-0.2, 0) is 20.7 Å². The summed E-state index contributed by atoms with van der Waals surface area (Å²) in [7, 11) is -1.76. The lowest BCUT2D eigenvalue weighted by Crippen LogP contribution is -2.54. The first-order valence-corrected chi connectivity index (χ1v) is 14.6. The second-order valence-electron chi connectivity index (χ2n) is 12.1. The van der Waals surface area contributed by atoms with Crippen LogP contribution in [0.1, 0.15) is 64.4 Å². The monoisotopic (exact) mass is 554 g/mol. The molecule has 2 saturated heterocycles. The highest BCUT2D eigenvalue weighted by Crippen LogP contribution is 2.44. The van der Waals surface area contributed by atoms with Gasteiger partial charge in [0.05, 0.1) is 30.8 Å². The van der Waals surface area contributed by atoms with E-state index in [9.17, 15) is 24.9 Å². The van der Waals surface area contributed by atoms with Gasteiger partial charge in [-0.3, -0.25) is 9.69 Å². The van der Waals surface area contributed by atoms with Crippen molar-refractivity contribution in [2.75, 3.05) is 32.8 Å². The zero-order chi connectivity index (χ0) is 28.8. The van der Waals surface area contributed by atoms with E-state index in [1.165, 1.54) is 0 Å². The number of hydrogen-bond acceptors (Lipinski definition) is 8. The lowest BCUT2D eigenvalue weighted by atomic mass is 9.76. The van der Waals surface area contributed by atoms with E-state index < -0.39 is 31.2 Å². The van der Waals surface area contributed by atoms with E-state index in [0.717, 1.165) is 57.4 Å². The molecule has 2 aliphatic heterocycles. The number of carbonyl (C=O) groups is 2. The molecule has 1 aliphatic carbocycles. The van der Waals surface area contributed by atoms with Gasteiger partial charge in [-0.1, -0.05) is 30.3 Å². The number of carbonyl (C=O) groups excluding carboxylic acids is 2. The Bertz CT molecular complexity index is 1040. The number of rotatable bonds is 10. The summed E-state index contributed by atoms with van der Waals surface area (Å²) in [6.45, 7) is 7.55. The topological polar surface area (TPSA) is 135 Å². The van der Waals surface area contributed by atoms with E-state index in [1.54, 1.807) is 4.90 Å². The summed E-state index contributed by atoms with van der Waals surface area (Å²) in [5, 5.41) is 32.0. The first-order valence-electron chi connectivity index (χ1n) is 14.6. The lowest BCUT2D eigenvalue weighted by Gasteiger charge is -2.44. The molecule has 3 aliphatic rings. The minimum Gasteiger partial charge on any atom is -0.444 e. The van der Waals surface area contributed by atoms with Crippen molar-refractivity contribution in [2.24, 2.45) is 5.92 Å². The summed E-state index contributed by atoms with van der Waals surface area (Å²) >= 11 is 0. The molecule has 218 valence electrons. The summed E-state index contributed by atoms with van der Waals surface area (Å²) in [6, 6.07) is 11.5. The number of likely N-dealkylation sites (tertiary alicyclic amines) is 1. The second kappa shape index (κ2) is 13.3. The third kappa shape index (κ3) is 8.20. The zero-order valence-corrected chi connectivity index (χ0v) is 23.8. The van der Waals surface area contributed by atoms with Crippen molar-refractivity contribution in [3.8, 4) is 6.07 Å². The third-order valence-electron chi connectivity index (χ3n) is 8.59. The predicted octanol–water partition coefficient (Wildman–Crippen LogP) is 2.28. The molecule has 11 heteroatoms. The van der Waals surface area contributed by atoms with E-state index in [1.807, 2.05) is 30.3 Å². The fourth-order valence-corrected chi connectivity index (χ4v) is 5.76. The molecule has 0 radical (unpaired) electrons. The van der Waals surface area contributed by atoms with E-state index in [4.69, 9.17) is 9.47 Å². The molecule has 3 N–H and O–H groups in total. The highest BCUT2D eigenvalue weighted by Gasteiger charge is 2.49. The number of amides is 2. The number of morpholine rings is 1. The quantitative estimate of drug-likeness (QED) is 0.375. The Hall–Kier alpha value is -2.65. The van der Waals surface area contributed by atoms with Gasteiger partial charge >= 0.3 is 13.2 Å². The average Bonchev–Trinajstić information content (AvgIpc) is 3.72. The molecule has 1 spiro atoms. The Kier molecular flexibility index (Phi) is 10.1. The smallest absolute Gasteiger partial charge is 0.444 e. The molecule has 4 rings (SSSR count). The Morgan fingerprint density at radius 1 is 1.25 bits per heavy atom. The molecule has 0 bridgehead atoms. The molecular formula is C29H43BN4O6. The van der Waals surface area contributed by atoms with Gasteiger partial charge in [-0.25, -0.2) is 4.79 Å². The molecule has 2 heterocycles. The van der Waals surface area contributed by atoms with Gasteiger partial charge in [-0.2, -0.15) is 5.26 Å². The van der Waals surface area contributed by atoms with Crippen LogP contribution in [0.2, 0.25) is 0 Å². The normalized spacial score (nSPS) is 22.5. The number of ether oxygens (including phenoxy) is 2. The summed E-state index contributed by atoms with van der Waals surface area (Å²) in [5.74, 6) is -1.92. The van der Waals surface area contributed by atoms with Gasteiger partial charge in [0, 0.05) is 25.2 Å². The van der Waals surface area contributed by atoms with Crippen LogP contribution < -0.4 is 5.32 Å². The van der Waals surface area contributed by atoms with Crippen LogP contribution in [0.15, 0.2) is 30.3 Å². The van der Waals surface area contributed by atoms with Crippen molar-refractivity contribution in [1.82, 2.24) is 15.1 Å². The van der Waals surface area contributed by atoms with E-state index in [-0.39, 0.29) is 30.0 Å². The van der Waals surface area contributed by atoms with Gasteiger partial charge in [0.1, 0.15) is 12.0 Å². The number of nitrogens with zero attached hydrogens (tertiary/aromatic N) is 3. The predicted molar refractivity (Wildman–Crippen MR) is 150 cm³/mol. The molecule has 1 aromatic carbocycles. The average molecular weight is 554 g/mol. The van der Waals surface area contributed by atoms with Crippen LogP contribution in [0, 0.1) is 17.2 Å². The Morgan fingerprint density at radius 3 is 2.67 bits per heavy atom. The zero-order valence-electron chi connectivity index (χ0n) is 23.8. The number of nitrogens with one attached hydrogen (secondary N) is 1. The van der Waals surface area contributed by atoms with Crippen molar-refractivity contribution < 1.29 is 29.1 Å². The SMILES string of the molecule is CC(C)(CCC(C#N)C(=O)N1CCCC[C@@H](OC(=O)N[C@@H](Cc2ccccc2)B(O)O)C1)N1CCOC2(CC2)C1. The maximum Gasteiger partial charge on any atom is 0.475 e. The van der Waals surface area contributed by atoms with Crippen molar-refractivity contribution >= 4 is 19.1 Å². The van der Waals surface area contributed by atoms with Gasteiger partial charge < -0.3 is 29.7 Å². The van der Waals surface area contributed by atoms with Crippen LogP contribution in [0.5, 0.6) is 0 Å². The first-order chi connectivity index (χ1) is 19.1. The first kappa shape index (κ1) is 30.3. The van der Waals surface area contributed by atoms with Crippen LogP contribution in [0.4, 0.5) is 4.79 Å². The van der Waals surface area contributed by atoms with Crippen LogP contribution >= 0.6 is 0 Å². The van der Waals surface area contributed by atoms with Crippen LogP contribution in [-0.4, -0.2) is 94.9 Å². The summed E-state index contributed by atoms with van der Waals surface area (Å²) < 4.78 is 11.6. The summed E-state index contributed by atoms with van der Waals surface area (Å²) in [6.07, 6.45) is 4.44. The largest absolute Gasteiger partial charge is 0.475 e. The molecule has 3 fully saturated rings. The number of hydrogen-bond donors (Lipinski definition) is 3. The maximum atomic E-state index is 13.4. The highest BCUT2D eigenvalue weighted by atomic mass is 16.6. The minimum atomic E-state index is -1.76. The van der Waals surface area contributed by atoms with Crippen molar-refractivity contribution in [2.45, 2.75) is 88.4 Å². The van der Waals surface area contributed by atoms with E-state index in [0.29, 0.717) is 19.4 Å². The van der Waals surface area contributed by atoms with Crippen molar-refractivity contribution in [1.29, 1.82) is 5.26 Å². The molecule has 0 aromatic heterocycles. The lowest BCUT2D eigenvalue weighted by molar-refractivity contribution is -0.135. The van der Waals surface area contributed by atoms with Gasteiger partial charge in [0.25, 0.3) is 0 Å². The molecule has 10 nitrogen and oxygen atoms in total. The Morgan fingerprint density at radius 2 is 2.00 bits per heavy atom. The Labute approximate surface area is 237 Å². The fraction of sp³-hybridized carbons (Fsp3) is 0.690. The molecule has 40 heavy (non-hydrogen) atoms. The van der Waals surface area contributed by atoms with Gasteiger partial charge in [0.15, 0.2) is 0 Å². The van der Waals surface area contributed by atoms with Crippen LogP contribution in [0.3, 0.4) is 0 Å². The summed E-state index contributed by atoms with van der Waals surface area (Å²) in [5.41, 5.74) is 0.716. The second-order valence-corrected chi connectivity index (χ2v) is 12.1. The van der Waals surface area contributed by atoms with E-state index in [2.05, 4.69) is 30.1 Å². The molecule has 3 atom stereocenters. The number of benzene rings is 1. The standard InChI is InChI=1S/C29H43BN4O6/c1-28(2,34-16-17-39-29(21-34)13-14-29)12-11-23(19-31)26(35)33-15-7-6-10-24(20-33)40-27(36)32-25(30(37)38)18-22-8-4-3-5-9-22/h3-5,8-9,23-25,37-38H,6-7,10-18,20-21H2,1-2H3,(H,32,36)/t23?,24-,25+/m1/s1. The Balaban J connectivity index is 1.29. The van der Waals surface area contributed by atoms with Gasteiger partial charge in [-0.05, 0) is 70.8 Å².